The average Bonchev–Trinajstić information content (AvgIpc) is 2.91. The number of aryl methyl sites for hydroxylation is 2. The molecule has 0 aliphatic heterocycles. The molecule has 6 heteroatoms. The van der Waals surface area contributed by atoms with E-state index < -0.39 is 5.25 Å². The number of aromatic nitrogens is 1. The molecule has 1 N–H and O–H groups in total. The van der Waals surface area contributed by atoms with Crippen LogP contribution < -0.4 is 10.1 Å². The lowest BCUT2D eigenvalue weighted by molar-refractivity contribution is -0.115. The van der Waals surface area contributed by atoms with E-state index in [1.807, 2.05) is 107 Å². The summed E-state index contributed by atoms with van der Waals surface area (Å²) >= 11 is 1.29. The summed E-state index contributed by atoms with van der Waals surface area (Å²) in [5.74, 6) is 0.640. The van der Waals surface area contributed by atoms with Crippen LogP contribution in [0.1, 0.15) is 30.5 Å². The zero-order valence-corrected chi connectivity index (χ0v) is 22.2. The Morgan fingerprint density at radius 1 is 1.00 bits per heavy atom. The van der Waals surface area contributed by atoms with Gasteiger partial charge < -0.3 is 10.1 Å². The van der Waals surface area contributed by atoms with E-state index in [1.165, 1.54) is 17.3 Å². The molecule has 37 heavy (non-hydrogen) atoms. The Morgan fingerprint density at radius 2 is 1.73 bits per heavy atom. The SMILES string of the molecule is CCOc1ccc(-c2cc(-c3ccccc3)c(C#N)c(S[C@H](C)C(=O)Nc3ccc(C)c(C)c3)n2)cc1. The number of hydrogen-bond acceptors (Lipinski definition) is 5. The first-order valence-corrected chi connectivity index (χ1v) is 13.1. The van der Waals surface area contributed by atoms with Crippen LogP contribution in [0.5, 0.6) is 5.75 Å². The minimum Gasteiger partial charge on any atom is -0.494 e. The second-order valence-electron chi connectivity index (χ2n) is 8.72. The van der Waals surface area contributed by atoms with Crippen molar-refractivity contribution < 1.29 is 9.53 Å². The molecule has 4 rings (SSSR count). The van der Waals surface area contributed by atoms with Gasteiger partial charge in [0.2, 0.25) is 5.91 Å². The van der Waals surface area contributed by atoms with Gasteiger partial charge in [-0.15, -0.1) is 0 Å². The third-order valence-corrected chi connectivity index (χ3v) is 7.16. The van der Waals surface area contributed by atoms with Crippen LogP contribution in [0.4, 0.5) is 5.69 Å². The maximum Gasteiger partial charge on any atom is 0.237 e. The summed E-state index contributed by atoms with van der Waals surface area (Å²) < 4.78 is 5.58. The van der Waals surface area contributed by atoms with E-state index in [1.54, 1.807) is 0 Å². The molecule has 0 saturated carbocycles. The van der Waals surface area contributed by atoms with E-state index in [4.69, 9.17) is 9.72 Å². The fraction of sp³-hybridized carbons (Fsp3) is 0.194. The molecule has 0 bridgehead atoms. The summed E-state index contributed by atoms with van der Waals surface area (Å²) in [6.45, 7) is 8.42. The number of carbonyl (C=O) groups is 1. The number of hydrogen-bond donors (Lipinski definition) is 1. The Morgan fingerprint density at radius 3 is 2.38 bits per heavy atom. The van der Waals surface area contributed by atoms with Crippen LogP contribution in [0.25, 0.3) is 22.4 Å². The van der Waals surface area contributed by atoms with Crippen LogP contribution in [0.15, 0.2) is 83.9 Å². The monoisotopic (exact) mass is 507 g/mol. The Hall–Kier alpha value is -4.08. The van der Waals surface area contributed by atoms with Gasteiger partial charge in [0.25, 0.3) is 0 Å². The molecule has 1 aromatic heterocycles. The maximum atomic E-state index is 13.1. The zero-order chi connectivity index (χ0) is 26.4. The lowest BCUT2D eigenvalue weighted by Gasteiger charge is -2.16. The van der Waals surface area contributed by atoms with Crippen molar-refractivity contribution in [3.63, 3.8) is 0 Å². The Balaban J connectivity index is 1.70. The molecule has 1 heterocycles. The summed E-state index contributed by atoms with van der Waals surface area (Å²) in [5.41, 5.74) is 6.82. The number of ether oxygens (including phenoxy) is 1. The molecule has 5 nitrogen and oxygen atoms in total. The van der Waals surface area contributed by atoms with Crippen LogP contribution in [0.2, 0.25) is 0 Å². The zero-order valence-electron chi connectivity index (χ0n) is 21.4. The van der Waals surface area contributed by atoms with E-state index in [9.17, 15) is 10.1 Å². The van der Waals surface area contributed by atoms with Gasteiger partial charge in [-0.2, -0.15) is 5.26 Å². The summed E-state index contributed by atoms with van der Waals surface area (Å²) in [6.07, 6.45) is 0. The van der Waals surface area contributed by atoms with Crippen LogP contribution >= 0.6 is 11.8 Å². The van der Waals surface area contributed by atoms with Gasteiger partial charge in [0, 0.05) is 16.8 Å². The first kappa shape index (κ1) is 26.0. The van der Waals surface area contributed by atoms with E-state index >= 15 is 0 Å². The van der Waals surface area contributed by atoms with Crippen molar-refractivity contribution >= 4 is 23.4 Å². The molecule has 3 aromatic carbocycles. The van der Waals surface area contributed by atoms with Crippen molar-refractivity contribution in [2.45, 2.75) is 38.0 Å². The summed E-state index contributed by atoms with van der Waals surface area (Å²) in [5, 5.41) is 13.2. The molecule has 0 unspecified atom stereocenters. The lowest BCUT2D eigenvalue weighted by Crippen LogP contribution is -2.22. The molecule has 0 radical (unpaired) electrons. The highest BCUT2D eigenvalue weighted by atomic mass is 32.2. The predicted octanol–water partition coefficient (Wildman–Crippen LogP) is 7.42. The molecule has 1 atom stereocenters. The average molecular weight is 508 g/mol. The second kappa shape index (κ2) is 11.8. The maximum absolute atomic E-state index is 13.1. The predicted molar refractivity (Wildman–Crippen MR) is 151 cm³/mol. The fourth-order valence-electron chi connectivity index (χ4n) is 3.88. The molecule has 186 valence electrons. The van der Waals surface area contributed by atoms with Crippen molar-refractivity contribution in [1.82, 2.24) is 4.98 Å². The number of carbonyl (C=O) groups excluding carboxylic acids is 1. The van der Waals surface area contributed by atoms with Crippen LogP contribution in [0, 0.1) is 25.2 Å². The fourth-order valence-corrected chi connectivity index (χ4v) is 4.81. The van der Waals surface area contributed by atoms with E-state index in [0.717, 1.165) is 39.4 Å². The lowest BCUT2D eigenvalue weighted by atomic mass is 9.99. The summed E-state index contributed by atoms with van der Waals surface area (Å²) in [4.78, 5) is 17.9. The normalized spacial score (nSPS) is 11.4. The minimum atomic E-state index is -0.472. The quantitative estimate of drug-likeness (QED) is 0.251. The van der Waals surface area contributed by atoms with E-state index in [-0.39, 0.29) is 5.91 Å². The molecular weight excluding hydrogens is 478 g/mol. The van der Waals surface area contributed by atoms with Gasteiger partial charge in [0.1, 0.15) is 16.8 Å². The molecule has 0 aliphatic carbocycles. The van der Waals surface area contributed by atoms with Gasteiger partial charge in [-0.05, 0) is 86.8 Å². The largest absolute Gasteiger partial charge is 0.494 e. The molecule has 0 spiro atoms. The Labute approximate surface area is 222 Å². The third kappa shape index (κ3) is 6.19. The number of amides is 1. The van der Waals surface area contributed by atoms with Gasteiger partial charge in [-0.1, -0.05) is 48.2 Å². The van der Waals surface area contributed by atoms with Crippen molar-refractivity contribution in [2.24, 2.45) is 0 Å². The highest BCUT2D eigenvalue weighted by Gasteiger charge is 2.21. The molecule has 0 aliphatic rings. The number of nitriles is 1. The van der Waals surface area contributed by atoms with Crippen LogP contribution in [-0.2, 0) is 4.79 Å². The number of thioether (sulfide) groups is 1. The summed E-state index contributed by atoms with van der Waals surface area (Å²) in [7, 11) is 0. The minimum absolute atomic E-state index is 0.147. The number of benzene rings is 3. The molecule has 4 aromatic rings. The molecule has 1 amide bonds. The van der Waals surface area contributed by atoms with Crippen LogP contribution in [-0.4, -0.2) is 22.7 Å². The van der Waals surface area contributed by atoms with Gasteiger partial charge in [0.05, 0.1) is 23.1 Å². The summed E-state index contributed by atoms with van der Waals surface area (Å²) in [6, 6.07) is 27.6. The van der Waals surface area contributed by atoms with Crippen molar-refractivity contribution in [3.8, 4) is 34.2 Å². The van der Waals surface area contributed by atoms with E-state index in [2.05, 4.69) is 11.4 Å². The highest BCUT2D eigenvalue weighted by molar-refractivity contribution is 8.00. The first-order chi connectivity index (χ1) is 17.9. The van der Waals surface area contributed by atoms with Gasteiger partial charge in [0.15, 0.2) is 0 Å². The number of pyridine rings is 1. The highest BCUT2D eigenvalue weighted by Crippen LogP contribution is 2.36. The van der Waals surface area contributed by atoms with Crippen molar-refractivity contribution in [1.29, 1.82) is 5.26 Å². The van der Waals surface area contributed by atoms with E-state index in [0.29, 0.717) is 17.2 Å². The number of nitrogens with zero attached hydrogens (tertiary/aromatic N) is 2. The molecule has 0 fully saturated rings. The third-order valence-electron chi connectivity index (χ3n) is 6.08. The molecule has 0 saturated heterocycles. The van der Waals surface area contributed by atoms with Crippen LogP contribution in [0.3, 0.4) is 0 Å². The number of anilines is 1. The number of rotatable bonds is 8. The van der Waals surface area contributed by atoms with Crippen molar-refractivity contribution in [3.05, 3.63) is 95.6 Å². The standard InChI is InChI=1S/C31H29N3O2S/c1-5-36-26-15-12-24(13-16-26)29-18-27(23-9-7-6-8-10-23)28(19-32)31(34-29)37-22(4)30(35)33-25-14-11-20(2)21(3)17-25/h6-18,22H,5H2,1-4H3,(H,33,35)/t22-/m1/s1. The second-order valence-corrected chi connectivity index (χ2v) is 10.0. The number of nitrogens with one attached hydrogen (secondary N) is 1. The van der Waals surface area contributed by atoms with Crippen molar-refractivity contribution in [2.75, 3.05) is 11.9 Å². The Bertz CT molecular complexity index is 1440. The Kier molecular flexibility index (Phi) is 8.27. The van der Waals surface area contributed by atoms with Gasteiger partial charge in [-0.25, -0.2) is 4.98 Å². The molecular formula is C31H29N3O2S. The smallest absolute Gasteiger partial charge is 0.237 e. The van der Waals surface area contributed by atoms with Gasteiger partial charge >= 0.3 is 0 Å². The topological polar surface area (TPSA) is 75.0 Å². The first-order valence-electron chi connectivity index (χ1n) is 12.2. The van der Waals surface area contributed by atoms with Gasteiger partial charge in [-0.3, -0.25) is 4.79 Å².